The molecule has 1 nitrogen and oxygen atoms in total. The van der Waals surface area contributed by atoms with E-state index in [1.54, 1.807) is 12.1 Å². The van der Waals surface area contributed by atoms with E-state index in [0.717, 1.165) is 16.2 Å². The Morgan fingerprint density at radius 2 is 1.92 bits per heavy atom. The Balaban J connectivity index is 2.58. The highest BCUT2D eigenvalue weighted by molar-refractivity contribution is 7.99. The van der Waals surface area contributed by atoms with Crippen LogP contribution in [0.3, 0.4) is 0 Å². The third kappa shape index (κ3) is 1.71. The van der Waals surface area contributed by atoms with E-state index in [-0.39, 0.29) is 5.78 Å². The average molecular weight is 234 g/mol. The van der Waals surface area contributed by atoms with Crippen LogP contribution in [0.2, 0.25) is 10.0 Å². The molecule has 1 aromatic rings. The third-order valence-corrected chi connectivity index (χ3v) is 3.84. The first-order chi connectivity index (χ1) is 6.18. The predicted molar refractivity (Wildman–Crippen MR) is 57.5 cm³/mol. The van der Waals surface area contributed by atoms with Gasteiger partial charge in [0.2, 0.25) is 0 Å². The molecule has 69 valence electrons. The van der Waals surface area contributed by atoms with Gasteiger partial charge in [-0.05, 0) is 17.9 Å². The molecule has 0 atom stereocenters. The van der Waals surface area contributed by atoms with Gasteiger partial charge in [0.15, 0.2) is 5.78 Å². The Morgan fingerprint density at radius 3 is 2.69 bits per heavy atom. The van der Waals surface area contributed by atoms with E-state index >= 15 is 0 Å². The van der Waals surface area contributed by atoms with E-state index in [4.69, 9.17) is 23.2 Å². The molecule has 0 saturated heterocycles. The van der Waals surface area contributed by atoms with Crippen molar-refractivity contribution in [3.8, 4) is 0 Å². The van der Waals surface area contributed by atoms with Crippen molar-refractivity contribution in [2.45, 2.75) is 11.3 Å². The number of halogens is 2. The lowest BCUT2D eigenvalue weighted by atomic mass is 10.1. The molecular formula is C9H7Cl2OS. The van der Waals surface area contributed by atoms with Crippen LogP contribution >= 0.6 is 35.0 Å². The quantitative estimate of drug-likeness (QED) is 0.681. The van der Waals surface area contributed by atoms with Gasteiger partial charge in [-0.25, -0.2) is 0 Å². The van der Waals surface area contributed by atoms with Crippen LogP contribution in [0.5, 0.6) is 0 Å². The van der Waals surface area contributed by atoms with Crippen molar-refractivity contribution in [1.29, 1.82) is 0 Å². The summed E-state index contributed by atoms with van der Waals surface area (Å²) in [5.41, 5.74) is 0.738. The number of thiol groups is 1. The molecule has 0 bridgehead atoms. The second kappa shape index (κ2) is 3.52. The summed E-state index contributed by atoms with van der Waals surface area (Å²) < 4.78 is 0. The van der Waals surface area contributed by atoms with E-state index < -0.39 is 0 Å². The Labute approximate surface area is 90.4 Å². The fourth-order valence-electron chi connectivity index (χ4n) is 1.30. The molecule has 0 N–H and O–H groups in total. The molecule has 0 spiro atoms. The van der Waals surface area contributed by atoms with Crippen LogP contribution in [0.4, 0.5) is 0 Å². The molecule has 1 aliphatic heterocycles. The summed E-state index contributed by atoms with van der Waals surface area (Å²) in [6, 6.07) is 3.46. The molecule has 2 rings (SSSR count). The zero-order chi connectivity index (χ0) is 9.42. The second-order valence-electron chi connectivity index (χ2n) is 2.84. The van der Waals surface area contributed by atoms with Gasteiger partial charge in [0, 0.05) is 16.9 Å². The number of carbonyl (C=O) groups is 1. The second-order valence-corrected chi connectivity index (χ2v) is 4.90. The first-order valence-corrected chi connectivity index (χ1v) is 5.72. The van der Waals surface area contributed by atoms with Crippen molar-refractivity contribution in [3.05, 3.63) is 27.7 Å². The van der Waals surface area contributed by atoms with Crippen molar-refractivity contribution in [2.75, 3.05) is 5.75 Å². The molecule has 1 heterocycles. The van der Waals surface area contributed by atoms with E-state index in [0.29, 0.717) is 16.5 Å². The maximum absolute atomic E-state index is 11.4. The molecule has 0 fully saturated rings. The first kappa shape index (κ1) is 9.38. The molecule has 4 heteroatoms. The fraction of sp³-hybridized carbons (Fsp3) is 0.222. The molecule has 0 unspecified atom stereocenters. The van der Waals surface area contributed by atoms with E-state index in [1.165, 1.54) is 11.8 Å². The molecule has 13 heavy (non-hydrogen) atoms. The number of hydrogen-bond donors (Lipinski definition) is 1. The summed E-state index contributed by atoms with van der Waals surface area (Å²) in [7, 11) is 0. The number of ketones is 1. The Kier molecular flexibility index (Phi) is 2.54. The third-order valence-electron chi connectivity index (χ3n) is 1.96. The minimum Gasteiger partial charge on any atom is -0.294 e. The highest BCUT2D eigenvalue weighted by Gasteiger charge is 2.18. The zero-order valence-electron chi connectivity index (χ0n) is 6.68. The van der Waals surface area contributed by atoms with Crippen molar-refractivity contribution < 1.29 is 4.79 Å². The van der Waals surface area contributed by atoms with Crippen LogP contribution in [-0.4, -0.2) is 11.5 Å². The van der Waals surface area contributed by atoms with Gasteiger partial charge >= 0.3 is 0 Å². The number of rotatable bonds is 0. The highest BCUT2D eigenvalue weighted by Crippen LogP contribution is 2.35. The lowest BCUT2D eigenvalue weighted by molar-refractivity contribution is 0.0985. The Morgan fingerprint density at radius 1 is 1.23 bits per heavy atom. The summed E-state index contributed by atoms with van der Waals surface area (Å²) >= 11 is 12.8. The summed E-state index contributed by atoms with van der Waals surface area (Å²) in [6.07, 6.45) is 0.618. The molecule has 1 aliphatic rings. The normalized spacial score (nSPS) is 15.7. The predicted octanol–water partition coefficient (Wildman–Crippen LogP) is 3.40. The number of carbonyl (C=O) groups excluding carboxylic acids is 1. The summed E-state index contributed by atoms with van der Waals surface area (Å²) in [5.74, 6) is 1.07. The van der Waals surface area contributed by atoms with Crippen molar-refractivity contribution in [1.82, 2.24) is 0 Å². The SMILES string of the molecule is O=C1CC[SH]c2cc(Cl)c(Cl)cc21. The maximum atomic E-state index is 11.4. The molecule has 1 aromatic carbocycles. The maximum Gasteiger partial charge on any atom is 0.164 e. The number of benzene rings is 1. The summed E-state index contributed by atoms with van der Waals surface area (Å²) in [6.45, 7) is 0. The zero-order valence-corrected chi connectivity index (χ0v) is 9.09. The number of hydrogen-bond acceptors (Lipinski definition) is 1. The van der Waals surface area contributed by atoms with Gasteiger partial charge in [-0.15, -0.1) is 0 Å². The van der Waals surface area contributed by atoms with Crippen molar-refractivity contribution >= 4 is 40.7 Å². The van der Waals surface area contributed by atoms with Crippen LogP contribution < -0.4 is 0 Å². The minimum absolute atomic E-state index is 0.173. The summed E-state index contributed by atoms with van der Waals surface area (Å²) in [4.78, 5) is 12.4. The largest absolute Gasteiger partial charge is 0.294 e. The van der Waals surface area contributed by atoms with Gasteiger partial charge in [0.1, 0.15) is 0 Å². The molecule has 0 aliphatic carbocycles. The molecule has 0 aromatic heterocycles. The van der Waals surface area contributed by atoms with Gasteiger partial charge in [-0.1, -0.05) is 23.2 Å². The van der Waals surface area contributed by atoms with Crippen molar-refractivity contribution in [2.24, 2.45) is 0 Å². The van der Waals surface area contributed by atoms with Crippen LogP contribution in [0.25, 0.3) is 0 Å². The summed E-state index contributed by atoms with van der Waals surface area (Å²) in [5, 5.41) is 0.994. The molecule has 0 saturated carbocycles. The van der Waals surface area contributed by atoms with E-state index in [2.05, 4.69) is 0 Å². The van der Waals surface area contributed by atoms with E-state index in [9.17, 15) is 4.79 Å². The number of Topliss-reactive ketones (excluding diaryl/α,β-unsaturated/α-hetero) is 1. The van der Waals surface area contributed by atoms with Gasteiger partial charge in [0.05, 0.1) is 10.0 Å². The monoisotopic (exact) mass is 233 g/mol. The molecule has 0 amide bonds. The standard InChI is InChI=1S/C9H7Cl2OS/c10-6-3-5-8(12)1-2-13-9(5)4-7(6)11/h3-4,13H,1-2H2. The Hall–Kier alpha value is -0.180. The van der Waals surface area contributed by atoms with Crippen LogP contribution in [0, 0.1) is 0 Å². The fourth-order valence-corrected chi connectivity index (χ4v) is 2.84. The van der Waals surface area contributed by atoms with Crippen LogP contribution in [0.1, 0.15) is 16.8 Å². The average Bonchev–Trinajstić information content (AvgIpc) is 2.09. The van der Waals surface area contributed by atoms with Crippen molar-refractivity contribution in [3.63, 3.8) is 0 Å². The van der Waals surface area contributed by atoms with Crippen LogP contribution in [0.15, 0.2) is 17.0 Å². The minimum atomic E-state index is 0.173. The molecule has 1 radical (unpaired) electrons. The number of fused-ring (bicyclic) bond motifs is 1. The van der Waals surface area contributed by atoms with Gasteiger partial charge in [0.25, 0.3) is 0 Å². The van der Waals surface area contributed by atoms with Crippen LogP contribution in [-0.2, 0) is 0 Å². The van der Waals surface area contributed by atoms with Gasteiger partial charge in [-0.2, -0.15) is 11.8 Å². The topological polar surface area (TPSA) is 17.1 Å². The molecular weight excluding hydrogens is 227 g/mol. The smallest absolute Gasteiger partial charge is 0.164 e. The van der Waals surface area contributed by atoms with Gasteiger partial charge in [-0.3, -0.25) is 4.79 Å². The highest BCUT2D eigenvalue weighted by atomic mass is 35.5. The van der Waals surface area contributed by atoms with E-state index in [1.807, 2.05) is 0 Å². The van der Waals surface area contributed by atoms with Gasteiger partial charge < -0.3 is 0 Å². The lowest BCUT2D eigenvalue weighted by Crippen LogP contribution is -2.07. The lowest BCUT2D eigenvalue weighted by Gasteiger charge is -2.15. The first-order valence-electron chi connectivity index (χ1n) is 3.88. The Bertz CT molecular complexity index is 376.